The van der Waals surface area contributed by atoms with Crippen LogP contribution in [0.2, 0.25) is 0 Å². The number of benzene rings is 1. The van der Waals surface area contributed by atoms with E-state index in [-0.39, 0.29) is 0 Å². The molecule has 0 saturated carbocycles. The molecule has 2 heterocycles. The monoisotopic (exact) mass is 301 g/mol. The number of nitrogens with zero attached hydrogens (tertiary/aromatic N) is 3. The molecule has 3 aromatic rings. The van der Waals surface area contributed by atoms with Gasteiger partial charge >= 0.3 is 0 Å². The molecule has 0 aliphatic carbocycles. The van der Waals surface area contributed by atoms with Gasteiger partial charge in [0.1, 0.15) is 0 Å². The van der Waals surface area contributed by atoms with Crippen LogP contribution in [-0.4, -0.2) is 14.6 Å². The summed E-state index contributed by atoms with van der Waals surface area (Å²) in [5, 5.41) is 4.49. The van der Waals surface area contributed by atoms with E-state index in [2.05, 4.69) is 45.1 Å². The lowest BCUT2D eigenvalue weighted by atomic mass is 10.1. The minimum atomic E-state index is 0.763. The number of rotatable bonds is 2. The molecule has 4 heteroatoms. The number of hydrogen-bond acceptors (Lipinski definition) is 2. The molecule has 0 radical (unpaired) electrons. The van der Waals surface area contributed by atoms with Crippen LogP contribution in [0.25, 0.3) is 5.65 Å². The second kappa shape index (κ2) is 4.53. The molecule has 0 atom stereocenters. The number of hydrogen-bond donors (Lipinski definition) is 0. The van der Waals surface area contributed by atoms with Gasteiger partial charge in [0, 0.05) is 17.1 Å². The number of fused-ring (bicyclic) bond motifs is 1. The molecule has 0 saturated heterocycles. The van der Waals surface area contributed by atoms with Crippen LogP contribution in [-0.2, 0) is 6.42 Å². The molecule has 0 amide bonds. The molecule has 0 fully saturated rings. The van der Waals surface area contributed by atoms with E-state index in [1.54, 1.807) is 0 Å². The molecule has 0 spiro atoms. The molecular weight excluding hydrogens is 290 g/mol. The van der Waals surface area contributed by atoms with E-state index >= 15 is 0 Å². The van der Waals surface area contributed by atoms with Gasteiger partial charge in [-0.1, -0.05) is 30.3 Å². The van der Waals surface area contributed by atoms with Gasteiger partial charge in [0.2, 0.25) is 0 Å². The molecular formula is C14H12BrN3. The molecule has 18 heavy (non-hydrogen) atoms. The second-order valence-electron chi connectivity index (χ2n) is 4.30. The minimum absolute atomic E-state index is 0.763. The Morgan fingerprint density at radius 3 is 2.78 bits per heavy atom. The first-order chi connectivity index (χ1) is 8.72. The van der Waals surface area contributed by atoms with Gasteiger partial charge in [-0.15, -0.1) is 0 Å². The largest absolute Gasteiger partial charge is 0.220 e. The van der Waals surface area contributed by atoms with Crippen LogP contribution in [0.1, 0.15) is 17.0 Å². The van der Waals surface area contributed by atoms with Crippen molar-refractivity contribution in [2.45, 2.75) is 13.3 Å². The molecule has 1 aromatic carbocycles. The first kappa shape index (κ1) is 11.4. The highest BCUT2D eigenvalue weighted by Gasteiger charge is 2.06. The van der Waals surface area contributed by atoms with Crippen molar-refractivity contribution in [2.75, 3.05) is 0 Å². The van der Waals surface area contributed by atoms with E-state index in [4.69, 9.17) is 0 Å². The predicted molar refractivity (Wildman–Crippen MR) is 74.7 cm³/mol. The van der Waals surface area contributed by atoms with E-state index in [0.29, 0.717) is 0 Å². The van der Waals surface area contributed by atoms with Crippen molar-refractivity contribution in [2.24, 2.45) is 0 Å². The maximum atomic E-state index is 4.54. The lowest BCUT2D eigenvalue weighted by Gasteiger charge is -1.96. The summed E-state index contributed by atoms with van der Waals surface area (Å²) in [5.41, 5.74) is 3.28. The zero-order chi connectivity index (χ0) is 12.5. The normalized spacial score (nSPS) is 11.0. The lowest BCUT2D eigenvalue weighted by molar-refractivity contribution is 0.895. The standard InChI is InChI=1S/C14H12BrN3/c1-10-7-14-16-13(17-18(14)9-12(10)15)8-11-5-3-2-4-6-11/h2-7,9H,8H2,1H3. The Labute approximate surface area is 114 Å². The summed E-state index contributed by atoms with van der Waals surface area (Å²) in [7, 11) is 0. The maximum absolute atomic E-state index is 4.54. The Balaban J connectivity index is 1.99. The van der Waals surface area contributed by atoms with Crippen molar-refractivity contribution >= 4 is 21.6 Å². The highest BCUT2D eigenvalue weighted by molar-refractivity contribution is 9.10. The van der Waals surface area contributed by atoms with Crippen LogP contribution in [0, 0.1) is 6.92 Å². The smallest absolute Gasteiger partial charge is 0.156 e. The third kappa shape index (κ3) is 2.16. The third-order valence-corrected chi connectivity index (χ3v) is 3.69. The van der Waals surface area contributed by atoms with Crippen molar-refractivity contribution in [3.05, 3.63) is 64.0 Å². The quantitative estimate of drug-likeness (QED) is 0.726. The van der Waals surface area contributed by atoms with Gasteiger partial charge in [0.05, 0.1) is 0 Å². The summed E-state index contributed by atoms with van der Waals surface area (Å²) in [5.74, 6) is 0.846. The van der Waals surface area contributed by atoms with Crippen molar-refractivity contribution in [3.63, 3.8) is 0 Å². The fraction of sp³-hybridized carbons (Fsp3) is 0.143. The Morgan fingerprint density at radius 2 is 2.00 bits per heavy atom. The molecule has 0 unspecified atom stereocenters. The molecule has 3 rings (SSSR count). The molecule has 0 aliphatic rings. The summed E-state index contributed by atoms with van der Waals surface area (Å²) in [6.45, 7) is 2.05. The third-order valence-electron chi connectivity index (χ3n) is 2.86. The second-order valence-corrected chi connectivity index (χ2v) is 5.15. The minimum Gasteiger partial charge on any atom is -0.220 e. The fourth-order valence-corrected chi connectivity index (χ4v) is 2.21. The van der Waals surface area contributed by atoms with Gasteiger partial charge < -0.3 is 0 Å². The first-order valence-corrected chi connectivity index (χ1v) is 6.57. The number of pyridine rings is 1. The van der Waals surface area contributed by atoms with Gasteiger partial charge in [0.25, 0.3) is 0 Å². The average Bonchev–Trinajstić information content (AvgIpc) is 2.72. The van der Waals surface area contributed by atoms with Gasteiger partial charge in [-0.05, 0) is 40.0 Å². The summed E-state index contributed by atoms with van der Waals surface area (Å²) in [6, 6.07) is 12.3. The van der Waals surface area contributed by atoms with Crippen LogP contribution in [0.5, 0.6) is 0 Å². The highest BCUT2D eigenvalue weighted by Crippen LogP contribution is 2.17. The van der Waals surface area contributed by atoms with E-state index in [0.717, 1.165) is 22.4 Å². The zero-order valence-electron chi connectivity index (χ0n) is 9.97. The molecule has 90 valence electrons. The summed E-state index contributed by atoms with van der Waals surface area (Å²) in [4.78, 5) is 4.54. The Bertz CT molecular complexity index is 650. The molecule has 0 aliphatic heterocycles. The van der Waals surface area contributed by atoms with E-state index in [1.165, 1.54) is 11.1 Å². The zero-order valence-corrected chi connectivity index (χ0v) is 11.6. The van der Waals surface area contributed by atoms with Gasteiger partial charge in [-0.25, -0.2) is 9.50 Å². The van der Waals surface area contributed by atoms with Crippen molar-refractivity contribution < 1.29 is 0 Å². The Kier molecular flexibility index (Phi) is 2.88. The molecule has 0 N–H and O–H groups in total. The SMILES string of the molecule is Cc1cc2nc(Cc3ccccc3)nn2cc1Br. The van der Waals surface area contributed by atoms with E-state index in [9.17, 15) is 0 Å². The van der Waals surface area contributed by atoms with E-state index < -0.39 is 0 Å². The number of halogens is 1. The molecule has 0 bridgehead atoms. The van der Waals surface area contributed by atoms with Crippen LogP contribution in [0.4, 0.5) is 0 Å². The van der Waals surface area contributed by atoms with Crippen LogP contribution in [0.15, 0.2) is 47.1 Å². The highest BCUT2D eigenvalue weighted by atomic mass is 79.9. The predicted octanol–water partition coefficient (Wildman–Crippen LogP) is 3.39. The maximum Gasteiger partial charge on any atom is 0.156 e. The van der Waals surface area contributed by atoms with Crippen LogP contribution in [0.3, 0.4) is 0 Å². The van der Waals surface area contributed by atoms with Crippen molar-refractivity contribution in [1.29, 1.82) is 0 Å². The molecule has 2 aromatic heterocycles. The molecule has 3 nitrogen and oxygen atoms in total. The van der Waals surface area contributed by atoms with Crippen LogP contribution >= 0.6 is 15.9 Å². The number of aromatic nitrogens is 3. The summed E-state index contributed by atoms with van der Waals surface area (Å²) in [6.07, 6.45) is 2.71. The van der Waals surface area contributed by atoms with Crippen molar-refractivity contribution in [3.8, 4) is 0 Å². The van der Waals surface area contributed by atoms with Crippen LogP contribution < -0.4 is 0 Å². The fourth-order valence-electron chi connectivity index (χ4n) is 1.90. The summed E-state index contributed by atoms with van der Waals surface area (Å²) >= 11 is 3.50. The van der Waals surface area contributed by atoms with Gasteiger partial charge in [0.15, 0.2) is 11.5 Å². The van der Waals surface area contributed by atoms with Gasteiger partial charge in [-0.3, -0.25) is 0 Å². The van der Waals surface area contributed by atoms with Gasteiger partial charge in [-0.2, -0.15) is 5.10 Å². The first-order valence-electron chi connectivity index (χ1n) is 5.78. The van der Waals surface area contributed by atoms with E-state index in [1.807, 2.05) is 35.0 Å². The lowest BCUT2D eigenvalue weighted by Crippen LogP contribution is -1.92. The Morgan fingerprint density at radius 1 is 1.22 bits per heavy atom. The summed E-state index contributed by atoms with van der Waals surface area (Å²) < 4.78 is 2.86. The van der Waals surface area contributed by atoms with Crippen molar-refractivity contribution in [1.82, 2.24) is 14.6 Å². The average molecular weight is 302 g/mol. The number of aryl methyl sites for hydroxylation is 1. The topological polar surface area (TPSA) is 30.2 Å². The Hall–Kier alpha value is -1.68.